The van der Waals surface area contributed by atoms with Crippen LogP contribution in [-0.4, -0.2) is 60.0 Å². The summed E-state index contributed by atoms with van der Waals surface area (Å²) in [6.07, 6.45) is 6.36. The second-order valence-corrected chi connectivity index (χ2v) is 7.60. The van der Waals surface area contributed by atoms with Crippen molar-refractivity contribution in [2.45, 2.75) is 64.3 Å². The number of carbonyl (C=O) groups excluding carboxylic acids is 2. The molecule has 0 bridgehead atoms. The van der Waals surface area contributed by atoms with Gasteiger partial charge in [0.1, 0.15) is 6.04 Å². The molecule has 2 atom stereocenters. The Hall–Kier alpha value is -1.63. The molecule has 0 saturated carbocycles. The van der Waals surface area contributed by atoms with Crippen molar-refractivity contribution in [1.29, 1.82) is 0 Å². The summed E-state index contributed by atoms with van der Waals surface area (Å²) >= 11 is 0. The van der Waals surface area contributed by atoms with Gasteiger partial charge in [0.15, 0.2) is 0 Å². The van der Waals surface area contributed by atoms with Gasteiger partial charge in [0.2, 0.25) is 11.8 Å². The topological polar surface area (TPSA) is 98.7 Å². The molecule has 26 heavy (non-hydrogen) atoms. The summed E-state index contributed by atoms with van der Waals surface area (Å²) in [7, 11) is 0. The fourth-order valence-corrected chi connectivity index (χ4v) is 3.91. The molecule has 2 rings (SSSR count). The minimum absolute atomic E-state index is 0.129. The number of likely N-dealkylation sites (tertiary alicyclic amines) is 1. The smallest absolute Gasteiger partial charge is 0.326 e. The number of carboxylic acid groups (broad SMARTS) is 1. The van der Waals surface area contributed by atoms with Crippen molar-refractivity contribution in [2.24, 2.45) is 11.8 Å². The van der Waals surface area contributed by atoms with Crippen molar-refractivity contribution in [1.82, 2.24) is 15.5 Å². The van der Waals surface area contributed by atoms with Crippen LogP contribution in [0.4, 0.5) is 0 Å². The van der Waals surface area contributed by atoms with Gasteiger partial charge in [-0.05, 0) is 57.5 Å². The number of nitrogens with zero attached hydrogens (tertiary/aromatic N) is 1. The summed E-state index contributed by atoms with van der Waals surface area (Å²) in [6.45, 7) is 5.08. The summed E-state index contributed by atoms with van der Waals surface area (Å²) in [5, 5.41) is 15.2. The zero-order valence-electron chi connectivity index (χ0n) is 15.8. The summed E-state index contributed by atoms with van der Waals surface area (Å²) in [5.74, 6) is -0.781. The quantitative estimate of drug-likeness (QED) is 0.602. The highest BCUT2D eigenvalue weighted by Crippen LogP contribution is 2.21. The van der Waals surface area contributed by atoms with Crippen molar-refractivity contribution in [3.8, 4) is 0 Å². The highest BCUT2D eigenvalue weighted by atomic mass is 16.4. The van der Waals surface area contributed by atoms with Gasteiger partial charge in [-0.15, -0.1) is 0 Å². The van der Waals surface area contributed by atoms with E-state index >= 15 is 0 Å². The average molecular weight is 367 g/mol. The van der Waals surface area contributed by atoms with Gasteiger partial charge < -0.3 is 20.6 Å². The number of nitrogens with one attached hydrogen (secondary N) is 2. The molecule has 0 aromatic heterocycles. The lowest BCUT2D eigenvalue weighted by molar-refractivity contribution is -0.144. The Balaban J connectivity index is 1.80. The first-order chi connectivity index (χ1) is 12.5. The Morgan fingerprint density at radius 1 is 1.23 bits per heavy atom. The van der Waals surface area contributed by atoms with Crippen LogP contribution in [0.5, 0.6) is 0 Å². The van der Waals surface area contributed by atoms with Crippen LogP contribution < -0.4 is 10.6 Å². The molecule has 0 aliphatic carbocycles. The van der Waals surface area contributed by atoms with Crippen LogP contribution in [0, 0.1) is 11.8 Å². The molecule has 0 unspecified atom stereocenters. The molecule has 0 aromatic carbocycles. The van der Waals surface area contributed by atoms with E-state index in [9.17, 15) is 19.5 Å². The van der Waals surface area contributed by atoms with Crippen molar-refractivity contribution < 1.29 is 19.5 Å². The van der Waals surface area contributed by atoms with E-state index in [0.717, 1.165) is 38.8 Å². The molecule has 2 heterocycles. The normalized spacial score (nSPS) is 22.7. The number of carboxylic acids is 1. The number of amides is 2. The standard InChI is InChI=1S/C19H33N3O4/c1-2-4-16(19(25)26)21-18(24)15-5-3-12-22(13-15)17(23)7-6-14-8-10-20-11-9-14/h14-16,20H,2-13H2,1H3,(H,21,24)(H,25,26)/t15-,16+/m1/s1. The van der Waals surface area contributed by atoms with Crippen molar-refractivity contribution in [3.63, 3.8) is 0 Å². The van der Waals surface area contributed by atoms with E-state index in [1.54, 1.807) is 4.90 Å². The Kier molecular flexibility index (Phi) is 8.35. The molecule has 2 saturated heterocycles. The second-order valence-electron chi connectivity index (χ2n) is 7.60. The van der Waals surface area contributed by atoms with Gasteiger partial charge in [-0.3, -0.25) is 9.59 Å². The van der Waals surface area contributed by atoms with E-state index in [2.05, 4.69) is 10.6 Å². The molecule has 2 aliphatic rings. The van der Waals surface area contributed by atoms with Crippen LogP contribution in [0.1, 0.15) is 58.3 Å². The second kappa shape index (κ2) is 10.5. The fraction of sp³-hybridized carbons (Fsp3) is 0.842. The van der Waals surface area contributed by atoms with Crippen molar-refractivity contribution >= 4 is 17.8 Å². The van der Waals surface area contributed by atoms with E-state index in [1.165, 1.54) is 0 Å². The third kappa shape index (κ3) is 6.27. The maximum absolute atomic E-state index is 12.5. The molecule has 2 aliphatic heterocycles. The fourth-order valence-electron chi connectivity index (χ4n) is 3.91. The third-order valence-corrected chi connectivity index (χ3v) is 5.56. The molecule has 3 N–H and O–H groups in total. The first-order valence-electron chi connectivity index (χ1n) is 10.0. The lowest BCUT2D eigenvalue weighted by atomic mass is 9.92. The van der Waals surface area contributed by atoms with E-state index in [-0.39, 0.29) is 17.7 Å². The summed E-state index contributed by atoms with van der Waals surface area (Å²) in [6, 6.07) is -0.835. The third-order valence-electron chi connectivity index (χ3n) is 5.56. The largest absolute Gasteiger partial charge is 0.480 e. The van der Waals surface area contributed by atoms with Crippen LogP contribution >= 0.6 is 0 Å². The van der Waals surface area contributed by atoms with Gasteiger partial charge >= 0.3 is 5.97 Å². The Labute approximate surface area is 155 Å². The van der Waals surface area contributed by atoms with Gasteiger partial charge in [-0.2, -0.15) is 0 Å². The molecular formula is C19H33N3O4. The first-order valence-corrected chi connectivity index (χ1v) is 10.0. The van der Waals surface area contributed by atoms with Crippen LogP contribution in [-0.2, 0) is 14.4 Å². The van der Waals surface area contributed by atoms with Gasteiger partial charge in [-0.25, -0.2) is 4.79 Å². The van der Waals surface area contributed by atoms with E-state index < -0.39 is 12.0 Å². The Morgan fingerprint density at radius 3 is 2.62 bits per heavy atom. The zero-order chi connectivity index (χ0) is 18.9. The van der Waals surface area contributed by atoms with Crippen molar-refractivity contribution in [3.05, 3.63) is 0 Å². The van der Waals surface area contributed by atoms with E-state index in [0.29, 0.717) is 44.7 Å². The number of hydrogen-bond acceptors (Lipinski definition) is 4. The molecular weight excluding hydrogens is 334 g/mol. The van der Waals surface area contributed by atoms with Crippen LogP contribution in [0.3, 0.4) is 0 Å². The van der Waals surface area contributed by atoms with Crippen molar-refractivity contribution in [2.75, 3.05) is 26.2 Å². The molecule has 7 nitrogen and oxygen atoms in total. The number of hydrogen-bond donors (Lipinski definition) is 3. The molecule has 0 aromatic rings. The monoisotopic (exact) mass is 367 g/mol. The number of carbonyl (C=O) groups is 3. The zero-order valence-corrected chi connectivity index (χ0v) is 15.8. The Bertz CT molecular complexity index is 491. The summed E-state index contributed by atoms with van der Waals surface area (Å²) < 4.78 is 0. The van der Waals surface area contributed by atoms with Gasteiger partial charge in [-0.1, -0.05) is 13.3 Å². The van der Waals surface area contributed by atoms with Gasteiger partial charge in [0.25, 0.3) is 0 Å². The van der Waals surface area contributed by atoms with Crippen LogP contribution in [0.25, 0.3) is 0 Å². The van der Waals surface area contributed by atoms with Gasteiger partial charge in [0, 0.05) is 19.5 Å². The predicted molar refractivity (Wildman–Crippen MR) is 98.6 cm³/mol. The maximum Gasteiger partial charge on any atom is 0.326 e. The lowest BCUT2D eigenvalue weighted by Gasteiger charge is -2.33. The molecule has 0 radical (unpaired) electrons. The van der Waals surface area contributed by atoms with Crippen LogP contribution in [0.15, 0.2) is 0 Å². The van der Waals surface area contributed by atoms with E-state index in [4.69, 9.17) is 0 Å². The molecule has 148 valence electrons. The lowest BCUT2D eigenvalue weighted by Crippen LogP contribution is -2.49. The molecule has 2 fully saturated rings. The first kappa shape index (κ1) is 20.7. The minimum atomic E-state index is -0.995. The molecule has 0 spiro atoms. The number of aliphatic carboxylic acids is 1. The van der Waals surface area contributed by atoms with Crippen LogP contribution in [0.2, 0.25) is 0 Å². The maximum atomic E-state index is 12.5. The Morgan fingerprint density at radius 2 is 1.96 bits per heavy atom. The predicted octanol–water partition coefficient (Wildman–Crippen LogP) is 1.37. The summed E-state index contributed by atoms with van der Waals surface area (Å²) in [5.41, 5.74) is 0. The SMILES string of the molecule is CCC[C@H](NC(=O)[C@@H]1CCCN(C(=O)CCC2CCNCC2)C1)C(=O)O. The highest BCUT2D eigenvalue weighted by Gasteiger charge is 2.30. The average Bonchev–Trinajstić information content (AvgIpc) is 2.66. The molecule has 2 amide bonds. The van der Waals surface area contributed by atoms with E-state index in [1.807, 2.05) is 6.92 Å². The summed E-state index contributed by atoms with van der Waals surface area (Å²) in [4.78, 5) is 38.0. The number of rotatable bonds is 8. The molecule has 7 heteroatoms. The van der Waals surface area contributed by atoms with Gasteiger partial charge in [0.05, 0.1) is 5.92 Å². The number of piperidine rings is 2. The minimum Gasteiger partial charge on any atom is -0.480 e. The highest BCUT2D eigenvalue weighted by molar-refractivity contribution is 5.86.